The fraction of sp³-hybridized carbons (Fsp3) is 0.588. The molecule has 0 aliphatic carbocycles. The lowest BCUT2D eigenvalue weighted by Crippen LogP contribution is -2.43. The number of carbonyl (C=O) groups excluding carboxylic acids is 2. The van der Waals surface area contributed by atoms with Crippen molar-refractivity contribution in [1.82, 2.24) is 0 Å². The summed E-state index contributed by atoms with van der Waals surface area (Å²) in [5.74, 6) is 0.534. The molecule has 0 fully saturated rings. The number of hydrogen-bond donors (Lipinski definition) is 0. The van der Waals surface area contributed by atoms with Crippen LogP contribution in [-0.2, 0) is 4.74 Å². The van der Waals surface area contributed by atoms with Gasteiger partial charge in [-0.05, 0) is 59.8 Å². The Bertz CT molecular complexity index is 1040. The SMILES string of the molecule is COc1cccc(OC)c1C(=O)C(OC(C(=O)c1c(OC)cccc1OC)C(C)CC(C)(C)C)C(C)CC(C)(C)C. The Labute approximate surface area is 246 Å². The van der Waals surface area contributed by atoms with Gasteiger partial charge < -0.3 is 23.7 Å². The Kier molecular flexibility index (Phi) is 11.8. The Hall–Kier alpha value is -3.06. The first kappa shape index (κ1) is 34.1. The molecule has 0 saturated heterocycles. The average molecular weight is 571 g/mol. The molecule has 7 heteroatoms. The minimum atomic E-state index is -0.948. The molecular formula is C34H50O7. The van der Waals surface area contributed by atoms with Gasteiger partial charge in [-0.1, -0.05) is 67.5 Å². The molecular weight excluding hydrogens is 520 g/mol. The van der Waals surface area contributed by atoms with Crippen molar-refractivity contribution in [2.24, 2.45) is 22.7 Å². The molecule has 0 aliphatic rings. The normalized spacial score (nSPS) is 14.9. The van der Waals surface area contributed by atoms with Crippen molar-refractivity contribution < 1.29 is 33.3 Å². The van der Waals surface area contributed by atoms with Crippen LogP contribution in [0.3, 0.4) is 0 Å². The molecule has 228 valence electrons. The van der Waals surface area contributed by atoms with Crippen LogP contribution in [0.15, 0.2) is 36.4 Å². The predicted molar refractivity (Wildman–Crippen MR) is 163 cm³/mol. The molecule has 0 amide bonds. The number of ether oxygens (including phenoxy) is 5. The molecule has 0 aliphatic heterocycles. The molecule has 2 aromatic rings. The van der Waals surface area contributed by atoms with E-state index in [0.717, 1.165) is 0 Å². The van der Waals surface area contributed by atoms with Crippen molar-refractivity contribution in [1.29, 1.82) is 0 Å². The summed E-state index contributed by atoms with van der Waals surface area (Å²) in [5, 5.41) is 0. The molecule has 0 bridgehead atoms. The minimum Gasteiger partial charge on any atom is -0.496 e. The number of ketones is 2. The predicted octanol–water partition coefficient (Wildman–Crippen LogP) is 7.69. The van der Waals surface area contributed by atoms with Crippen LogP contribution < -0.4 is 18.9 Å². The first-order chi connectivity index (χ1) is 19.1. The first-order valence-electron chi connectivity index (χ1n) is 14.2. The van der Waals surface area contributed by atoms with Crippen LogP contribution in [0.5, 0.6) is 23.0 Å². The van der Waals surface area contributed by atoms with Crippen LogP contribution in [0, 0.1) is 22.7 Å². The van der Waals surface area contributed by atoms with Gasteiger partial charge in [-0.2, -0.15) is 0 Å². The van der Waals surface area contributed by atoms with E-state index in [1.54, 1.807) is 36.4 Å². The Morgan fingerprint density at radius 3 is 1.07 bits per heavy atom. The fourth-order valence-corrected chi connectivity index (χ4v) is 5.69. The lowest BCUT2D eigenvalue weighted by atomic mass is 9.79. The van der Waals surface area contributed by atoms with Crippen molar-refractivity contribution in [3.8, 4) is 23.0 Å². The summed E-state index contributed by atoms with van der Waals surface area (Å²) in [5.41, 5.74) is 0.420. The highest BCUT2D eigenvalue weighted by molar-refractivity contribution is 6.06. The molecule has 0 spiro atoms. The second kappa shape index (κ2) is 14.2. The van der Waals surface area contributed by atoms with Crippen LogP contribution in [0.1, 0.15) is 88.9 Å². The van der Waals surface area contributed by atoms with Gasteiger partial charge in [0.2, 0.25) is 0 Å². The van der Waals surface area contributed by atoms with E-state index < -0.39 is 12.2 Å². The van der Waals surface area contributed by atoms with E-state index >= 15 is 0 Å². The highest BCUT2D eigenvalue weighted by Gasteiger charge is 2.40. The monoisotopic (exact) mass is 570 g/mol. The van der Waals surface area contributed by atoms with Gasteiger partial charge >= 0.3 is 0 Å². The summed E-state index contributed by atoms with van der Waals surface area (Å²) < 4.78 is 29.1. The van der Waals surface area contributed by atoms with Crippen molar-refractivity contribution >= 4 is 11.6 Å². The van der Waals surface area contributed by atoms with E-state index in [4.69, 9.17) is 23.7 Å². The van der Waals surface area contributed by atoms with Gasteiger partial charge in [-0.25, -0.2) is 0 Å². The number of methoxy groups -OCH3 is 4. The number of Topliss-reactive ketones (excluding diaryl/α,β-unsaturated/α-hetero) is 2. The number of benzene rings is 2. The van der Waals surface area contributed by atoms with Crippen molar-refractivity contribution in [2.45, 2.75) is 80.4 Å². The van der Waals surface area contributed by atoms with Gasteiger partial charge in [0, 0.05) is 0 Å². The van der Waals surface area contributed by atoms with Gasteiger partial charge in [-0.15, -0.1) is 0 Å². The van der Waals surface area contributed by atoms with E-state index in [2.05, 4.69) is 41.5 Å². The third-order valence-electron chi connectivity index (χ3n) is 7.06. The average Bonchev–Trinajstić information content (AvgIpc) is 2.89. The van der Waals surface area contributed by atoms with Crippen molar-refractivity contribution in [3.63, 3.8) is 0 Å². The Balaban J connectivity index is 2.75. The molecule has 0 N–H and O–H groups in total. The summed E-state index contributed by atoms with van der Waals surface area (Å²) in [6.45, 7) is 16.7. The highest BCUT2D eigenvalue weighted by Crippen LogP contribution is 2.39. The molecule has 2 rings (SSSR count). The zero-order valence-electron chi connectivity index (χ0n) is 27.0. The quantitative estimate of drug-likeness (QED) is 0.215. The molecule has 0 heterocycles. The molecule has 4 atom stereocenters. The zero-order valence-corrected chi connectivity index (χ0v) is 27.0. The summed E-state index contributed by atoms with van der Waals surface area (Å²) in [7, 11) is 6.08. The number of hydrogen-bond acceptors (Lipinski definition) is 7. The molecule has 0 aromatic heterocycles. The van der Waals surface area contributed by atoms with Gasteiger partial charge in [-0.3, -0.25) is 9.59 Å². The molecule has 4 unspecified atom stereocenters. The summed E-state index contributed by atoms with van der Waals surface area (Å²) in [4.78, 5) is 28.9. The molecule has 2 aromatic carbocycles. The Morgan fingerprint density at radius 2 is 0.854 bits per heavy atom. The van der Waals surface area contributed by atoms with E-state index in [1.165, 1.54) is 28.4 Å². The number of carbonyl (C=O) groups is 2. The maximum Gasteiger partial charge on any atom is 0.199 e. The van der Waals surface area contributed by atoms with Crippen LogP contribution in [-0.4, -0.2) is 52.2 Å². The van der Waals surface area contributed by atoms with Gasteiger partial charge in [0.05, 0.1) is 28.4 Å². The van der Waals surface area contributed by atoms with Crippen molar-refractivity contribution in [2.75, 3.05) is 28.4 Å². The van der Waals surface area contributed by atoms with E-state index in [0.29, 0.717) is 47.0 Å². The molecule has 0 saturated carbocycles. The maximum absolute atomic E-state index is 14.4. The van der Waals surface area contributed by atoms with E-state index in [-0.39, 0.29) is 34.2 Å². The molecule has 41 heavy (non-hydrogen) atoms. The summed E-state index contributed by atoms with van der Waals surface area (Å²) in [6.07, 6.45) is -0.520. The van der Waals surface area contributed by atoms with E-state index in [1.807, 2.05) is 13.8 Å². The number of rotatable bonds is 14. The van der Waals surface area contributed by atoms with Crippen LogP contribution in [0.4, 0.5) is 0 Å². The molecule has 7 nitrogen and oxygen atoms in total. The van der Waals surface area contributed by atoms with Gasteiger partial charge in [0.15, 0.2) is 11.6 Å². The van der Waals surface area contributed by atoms with Gasteiger partial charge in [0.25, 0.3) is 0 Å². The standard InChI is InChI=1S/C34H50O7/c1-21(19-33(3,4)5)31(29(35)27-23(37-9)15-13-16-24(27)38-10)41-32(22(2)20-34(6,7)8)30(36)28-25(39-11)17-14-18-26(28)40-12/h13-18,21-22,31-32H,19-20H2,1-12H3. The zero-order chi connectivity index (χ0) is 31.1. The highest BCUT2D eigenvalue weighted by atomic mass is 16.5. The van der Waals surface area contributed by atoms with Crippen LogP contribution in [0.25, 0.3) is 0 Å². The second-order valence-corrected chi connectivity index (χ2v) is 13.3. The minimum absolute atomic E-state index is 0.0887. The van der Waals surface area contributed by atoms with Crippen LogP contribution >= 0.6 is 0 Å². The smallest absolute Gasteiger partial charge is 0.199 e. The van der Waals surface area contributed by atoms with Gasteiger partial charge in [0.1, 0.15) is 46.3 Å². The maximum atomic E-state index is 14.4. The third-order valence-corrected chi connectivity index (χ3v) is 7.06. The third kappa shape index (κ3) is 8.96. The van der Waals surface area contributed by atoms with Crippen molar-refractivity contribution in [3.05, 3.63) is 47.5 Å². The second-order valence-electron chi connectivity index (χ2n) is 13.3. The van der Waals surface area contributed by atoms with E-state index in [9.17, 15) is 9.59 Å². The van der Waals surface area contributed by atoms with Crippen LogP contribution in [0.2, 0.25) is 0 Å². The summed E-state index contributed by atoms with van der Waals surface area (Å²) in [6, 6.07) is 10.5. The molecule has 0 radical (unpaired) electrons. The lowest BCUT2D eigenvalue weighted by Gasteiger charge is -2.35. The Morgan fingerprint density at radius 1 is 0.585 bits per heavy atom. The lowest BCUT2D eigenvalue weighted by molar-refractivity contribution is -0.0444. The summed E-state index contributed by atoms with van der Waals surface area (Å²) >= 11 is 0. The fourth-order valence-electron chi connectivity index (χ4n) is 5.69. The first-order valence-corrected chi connectivity index (χ1v) is 14.2. The topological polar surface area (TPSA) is 80.3 Å². The largest absolute Gasteiger partial charge is 0.496 e.